The quantitative estimate of drug-likeness (QED) is 0.281. The van der Waals surface area contributed by atoms with Crippen LogP contribution in [0.3, 0.4) is 0 Å². The molecule has 2 aliphatic rings. The number of thiazole rings is 1. The van der Waals surface area contributed by atoms with Crippen LogP contribution in [0.25, 0.3) is 0 Å². The monoisotopic (exact) mass is 531 g/mol. The second-order valence-corrected chi connectivity index (χ2v) is 10.7. The van der Waals surface area contributed by atoms with Crippen molar-refractivity contribution in [1.82, 2.24) is 14.9 Å². The minimum absolute atomic E-state index is 0.0397. The van der Waals surface area contributed by atoms with Crippen molar-refractivity contribution in [2.45, 2.75) is 64.0 Å². The molecule has 3 heterocycles. The molecule has 0 bridgehead atoms. The van der Waals surface area contributed by atoms with Crippen molar-refractivity contribution in [2.75, 3.05) is 26.2 Å². The third-order valence-corrected chi connectivity index (χ3v) is 8.15. The molecule has 5 nitrogen and oxygen atoms in total. The van der Waals surface area contributed by atoms with Crippen LogP contribution in [-0.2, 0) is 12.8 Å². The van der Waals surface area contributed by atoms with E-state index in [1.807, 2.05) is 0 Å². The van der Waals surface area contributed by atoms with Crippen molar-refractivity contribution in [2.24, 2.45) is 11.8 Å². The van der Waals surface area contributed by atoms with Gasteiger partial charge in [0.1, 0.15) is 5.69 Å². The lowest BCUT2D eigenvalue weighted by Crippen LogP contribution is -2.30. The number of carbonyl (C=O) groups is 1. The van der Waals surface area contributed by atoms with Gasteiger partial charge in [-0.25, -0.2) is 13.8 Å². The molecule has 198 valence electrons. The first-order chi connectivity index (χ1) is 17.2. The fourth-order valence-corrected chi connectivity index (χ4v) is 6.05. The van der Waals surface area contributed by atoms with Crippen molar-refractivity contribution in [3.05, 3.63) is 40.2 Å². The Hall–Kier alpha value is -2.14. The van der Waals surface area contributed by atoms with E-state index >= 15 is 0 Å². The summed E-state index contributed by atoms with van der Waals surface area (Å²) in [6.07, 6.45) is 0.840. The number of ketones is 1. The molecule has 0 saturated heterocycles. The minimum Gasteiger partial charge on any atom is -0.460 e. The summed E-state index contributed by atoms with van der Waals surface area (Å²) in [7, 11) is 0. The number of halogens is 5. The van der Waals surface area contributed by atoms with Gasteiger partial charge in [0, 0.05) is 42.6 Å². The van der Waals surface area contributed by atoms with Gasteiger partial charge in [-0.05, 0) is 56.2 Å². The maximum atomic E-state index is 13.2. The first kappa shape index (κ1) is 26.9. The number of alkyl halides is 5. The van der Waals surface area contributed by atoms with Crippen LogP contribution >= 0.6 is 11.3 Å². The third-order valence-electron chi connectivity index (χ3n) is 7.08. The number of rotatable bonds is 9. The average Bonchev–Trinajstić information content (AvgIpc) is 3.15. The van der Waals surface area contributed by atoms with E-state index < -0.39 is 24.9 Å². The lowest BCUT2D eigenvalue weighted by atomic mass is 9.78. The van der Waals surface area contributed by atoms with Gasteiger partial charge in [0.05, 0.1) is 5.69 Å². The molecule has 1 saturated carbocycles. The van der Waals surface area contributed by atoms with Crippen molar-refractivity contribution < 1.29 is 31.5 Å². The number of carbonyl (C=O) groups excluding carboxylic acids is 1. The second-order valence-electron chi connectivity index (χ2n) is 9.63. The highest BCUT2D eigenvalue weighted by molar-refractivity contribution is 7.13. The number of pyridine rings is 1. The highest BCUT2D eigenvalue weighted by Crippen LogP contribution is 2.35. The van der Waals surface area contributed by atoms with E-state index in [9.17, 15) is 26.7 Å². The molecular formula is C25H30F5N3O2S. The number of aromatic nitrogens is 2. The Morgan fingerprint density at radius 2 is 1.86 bits per heavy atom. The molecule has 0 N–H and O–H groups in total. The predicted octanol–water partition coefficient (Wildman–Crippen LogP) is 6.29. The van der Waals surface area contributed by atoms with Crippen LogP contribution in [0.15, 0.2) is 18.3 Å². The molecule has 0 aromatic carbocycles. The standard InChI is InChI=1S/C25H30F5N3O2S/c26-23(27)22-18(2-1-10-31-22)20(34)14-17-5-3-16(4-6-17)7-11-33-12-8-19-21(9-13-33)36-24(32-19)35-15-25(28,29)30/h1-2,10,16-17,23H,3-9,11-15H2. The Balaban J connectivity index is 1.17. The maximum absolute atomic E-state index is 13.2. The molecule has 1 fully saturated rings. The smallest absolute Gasteiger partial charge is 0.422 e. The van der Waals surface area contributed by atoms with E-state index in [2.05, 4.69) is 14.9 Å². The van der Waals surface area contributed by atoms with Crippen LogP contribution in [0.5, 0.6) is 5.19 Å². The summed E-state index contributed by atoms with van der Waals surface area (Å²) < 4.78 is 68.2. The van der Waals surface area contributed by atoms with Crippen LogP contribution in [0.4, 0.5) is 22.0 Å². The number of ether oxygens (including phenoxy) is 1. The number of nitrogens with zero attached hydrogens (tertiary/aromatic N) is 3. The Morgan fingerprint density at radius 3 is 2.58 bits per heavy atom. The first-order valence-corrected chi connectivity index (χ1v) is 13.2. The molecule has 0 spiro atoms. The summed E-state index contributed by atoms with van der Waals surface area (Å²) in [4.78, 5) is 24.0. The Bertz CT molecular complexity index is 996. The van der Waals surface area contributed by atoms with Gasteiger partial charge in [-0.2, -0.15) is 13.2 Å². The summed E-state index contributed by atoms with van der Waals surface area (Å²) in [5.74, 6) is 0.539. The highest BCUT2D eigenvalue weighted by Gasteiger charge is 2.30. The molecule has 0 unspecified atom stereocenters. The van der Waals surface area contributed by atoms with Crippen LogP contribution in [0.2, 0.25) is 0 Å². The Morgan fingerprint density at radius 1 is 1.14 bits per heavy atom. The van der Waals surface area contributed by atoms with Crippen molar-refractivity contribution >= 4 is 17.1 Å². The highest BCUT2D eigenvalue weighted by atomic mass is 32.1. The van der Waals surface area contributed by atoms with Gasteiger partial charge >= 0.3 is 6.18 Å². The van der Waals surface area contributed by atoms with Crippen LogP contribution in [0.1, 0.15) is 71.6 Å². The Kier molecular flexibility index (Phi) is 8.92. The number of fused-ring (bicyclic) bond motifs is 1. The zero-order chi connectivity index (χ0) is 25.7. The van der Waals surface area contributed by atoms with Gasteiger partial charge in [-0.15, -0.1) is 0 Å². The van der Waals surface area contributed by atoms with E-state index in [-0.39, 0.29) is 28.9 Å². The Labute approximate surface area is 211 Å². The van der Waals surface area contributed by atoms with Gasteiger partial charge < -0.3 is 9.64 Å². The van der Waals surface area contributed by atoms with E-state index in [0.29, 0.717) is 12.3 Å². The molecule has 36 heavy (non-hydrogen) atoms. The topological polar surface area (TPSA) is 55.3 Å². The normalized spacial score (nSPS) is 21.3. The number of hydrogen-bond donors (Lipinski definition) is 0. The van der Waals surface area contributed by atoms with Gasteiger partial charge in [0.2, 0.25) is 0 Å². The summed E-state index contributed by atoms with van der Waals surface area (Å²) in [5, 5.41) is 0.0926. The molecule has 1 aliphatic heterocycles. The summed E-state index contributed by atoms with van der Waals surface area (Å²) >= 11 is 1.21. The van der Waals surface area contributed by atoms with E-state index in [4.69, 9.17) is 4.74 Å². The molecule has 0 atom stereocenters. The SMILES string of the molecule is O=C(CC1CCC(CCN2CCc3nc(OCC(F)(F)F)sc3CC2)CC1)c1cccnc1C(F)F. The first-order valence-electron chi connectivity index (χ1n) is 12.3. The lowest BCUT2D eigenvalue weighted by Gasteiger charge is -2.30. The molecular weight excluding hydrogens is 501 g/mol. The van der Waals surface area contributed by atoms with Crippen LogP contribution < -0.4 is 4.74 Å². The molecule has 4 rings (SSSR count). The average molecular weight is 532 g/mol. The lowest BCUT2D eigenvalue weighted by molar-refractivity contribution is -0.153. The largest absolute Gasteiger partial charge is 0.460 e. The van der Waals surface area contributed by atoms with Gasteiger partial charge in [0.25, 0.3) is 11.6 Å². The van der Waals surface area contributed by atoms with Crippen LogP contribution in [0, 0.1) is 11.8 Å². The second kappa shape index (κ2) is 11.9. The van der Waals surface area contributed by atoms with E-state index in [1.165, 1.54) is 29.7 Å². The van der Waals surface area contributed by atoms with Gasteiger partial charge in [-0.3, -0.25) is 9.78 Å². The predicted molar refractivity (Wildman–Crippen MR) is 126 cm³/mol. The number of hydrogen-bond acceptors (Lipinski definition) is 6. The summed E-state index contributed by atoms with van der Waals surface area (Å²) in [5.41, 5.74) is 0.453. The number of Topliss-reactive ketones (excluding diaryl/α,β-unsaturated/α-hetero) is 1. The molecule has 2 aromatic heterocycles. The summed E-state index contributed by atoms with van der Waals surface area (Å²) in [6, 6.07) is 2.96. The van der Waals surface area contributed by atoms with Gasteiger partial charge in [-0.1, -0.05) is 24.2 Å². The van der Waals surface area contributed by atoms with Crippen molar-refractivity contribution in [3.63, 3.8) is 0 Å². The summed E-state index contributed by atoms with van der Waals surface area (Å²) in [6.45, 7) is 1.29. The van der Waals surface area contributed by atoms with Crippen LogP contribution in [-0.4, -0.2) is 53.1 Å². The third kappa shape index (κ3) is 7.44. The van der Waals surface area contributed by atoms with E-state index in [0.717, 1.165) is 68.7 Å². The maximum Gasteiger partial charge on any atom is 0.422 e. The fourth-order valence-electron chi connectivity index (χ4n) is 5.10. The molecule has 0 radical (unpaired) electrons. The molecule has 0 amide bonds. The van der Waals surface area contributed by atoms with Gasteiger partial charge in [0.15, 0.2) is 12.4 Å². The molecule has 1 aliphatic carbocycles. The van der Waals surface area contributed by atoms with E-state index in [1.54, 1.807) is 0 Å². The molecule has 2 aromatic rings. The fraction of sp³-hybridized carbons (Fsp3) is 0.640. The zero-order valence-electron chi connectivity index (χ0n) is 19.9. The minimum atomic E-state index is -4.37. The van der Waals surface area contributed by atoms with Crippen molar-refractivity contribution in [3.8, 4) is 5.19 Å². The molecule has 11 heteroatoms. The zero-order valence-corrected chi connectivity index (χ0v) is 20.7. The van der Waals surface area contributed by atoms with Crippen molar-refractivity contribution in [1.29, 1.82) is 0 Å².